The van der Waals surface area contributed by atoms with Crippen molar-refractivity contribution in [3.05, 3.63) is 64.1 Å². The molecule has 6 nitrogen and oxygen atoms in total. The molecule has 0 unspecified atom stereocenters. The Hall–Kier alpha value is -2.43. The number of nitriles is 1. The van der Waals surface area contributed by atoms with Gasteiger partial charge in [-0.25, -0.2) is 12.7 Å². The van der Waals surface area contributed by atoms with E-state index in [1.54, 1.807) is 24.3 Å². The van der Waals surface area contributed by atoms with Crippen molar-refractivity contribution in [1.82, 2.24) is 8.87 Å². The molecule has 0 N–H and O–H groups in total. The van der Waals surface area contributed by atoms with Crippen LogP contribution >= 0.6 is 0 Å². The summed E-state index contributed by atoms with van der Waals surface area (Å²) in [7, 11) is -0.737. The zero-order chi connectivity index (χ0) is 16.3. The highest BCUT2D eigenvalue weighted by atomic mass is 32.2. The highest BCUT2D eigenvalue weighted by Gasteiger charge is 2.18. The predicted molar refractivity (Wildman–Crippen MR) is 81.8 cm³/mol. The molecule has 0 bridgehead atoms. The highest BCUT2D eigenvalue weighted by molar-refractivity contribution is 7.89. The lowest BCUT2D eigenvalue weighted by atomic mass is 10.1. The van der Waals surface area contributed by atoms with E-state index < -0.39 is 10.0 Å². The summed E-state index contributed by atoms with van der Waals surface area (Å²) in [5, 5.41) is 8.89. The van der Waals surface area contributed by atoms with Crippen molar-refractivity contribution in [2.45, 2.75) is 11.4 Å². The Morgan fingerprint density at radius 2 is 1.95 bits per heavy atom. The summed E-state index contributed by atoms with van der Waals surface area (Å²) in [5.74, 6) is 0. The van der Waals surface area contributed by atoms with Gasteiger partial charge in [0.25, 0.3) is 5.56 Å². The highest BCUT2D eigenvalue weighted by Crippen LogP contribution is 2.12. The van der Waals surface area contributed by atoms with E-state index in [0.29, 0.717) is 5.56 Å². The molecule has 2 aromatic rings. The Bertz CT molecular complexity index is 893. The fourth-order valence-electron chi connectivity index (χ4n) is 1.93. The zero-order valence-electron chi connectivity index (χ0n) is 12.2. The van der Waals surface area contributed by atoms with Gasteiger partial charge in [0.2, 0.25) is 10.0 Å². The molecule has 0 amide bonds. The van der Waals surface area contributed by atoms with Crippen molar-refractivity contribution in [1.29, 1.82) is 5.26 Å². The summed E-state index contributed by atoms with van der Waals surface area (Å²) < 4.78 is 26.6. The van der Waals surface area contributed by atoms with Crippen molar-refractivity contribution < 1.29 is 8.42 Å². The van der Waals surface area contributed by atoms with Gasteiger partial charge in [-0.05, 0) is 23.8 Å². The zero-order valence-corrected chi connectivity index (χ0v) is 13.0. The van der Waals surface area contributed by atoms with E-state index in [1.807, 2.05) is 6.07 Å². The maximum absolute atomic E-state index is 12.1. The van der Waals surface area contributed by atoms with Gasteiger partial charge in [0.1, 0.15) is 0 Å². The molecule has 0 aliphatic rings. The quantitative estimate of drug-likeness (QED) is 0.843. The van der Waals surface area contributed by atoms with Gasteiger partial charge in [-0.15, -0.1) is 0 Å². The van der Waals surface area contributed by atoms with Crippen LogP contribution in [0.4, 0.5) is 0 Å². The van der Waals surface area contributed by atoms with Crippen molar-refractivity contribution in [3.63, 3.8) is 0 Å². The minimum Gasteiger partial charge on any atom is -0.310 e. The average molecular weight is 317 g/mol. The first-order valence-electron chi connectivity index (χ1n) is 6.46. The summed E-state index contributed by atoms with van der Waals surface area (Å²) >= 11 is 0. The smallest absolute Gasteiger partial charge is 0.250 e. The number of sulfonamides is 1. The van der Waals surface area contributed by atoms with E-state index in [1.165, 1.54) is 37.0 Å². The van der Waals surface area contributed by atoms with E-state index in [4.69, 9.17) is 5.26 Å². The van der Waals surface area contributed by atoms with Gasteiger partial charge in [0.15, 0.2) is 0 Å². The van der Waals surface area contributed by atoms with Crippen LogP contribution in [0.5, 0.6) is 0 Å². The third-order valence-electron chi connectivity index (χ3n) is 3.14. The topological polar surface area (TPSA) is 83.2 Å². The van der Waals surface area contributed by atoms with Gasteiger partial charge in [-0.2, -0.15) is 5.26 Å². The third-order valence-corrected chi connectivity index (χ3v) is 4.94. The molecule has 0 saturated carbocycles. The molecule has 0 atom stereocenters. The Morgan fingerprint density at radius 3 is 2.59 bits per heavy atom. The van der Waals surface area contributed by atoms with Crippen LogP contribution in [0.15, 0.2) is 52.3 Å². The van der Waals surface area contributed by atoms with Crippen molar-refractivity contribution in [2.75, 3.05) is 14.1 Å². The fourth-order valence-corrected chi connectivity index (χ4v) is 2.85. The first kappa shape index (κ1) is 15.9. The van der Waals surface area contributed by atoms with Gasteiger partial charge < -0.3 is 4.57 Å². The first-order valence-corrected chi connectivity index (χ1v) is 7.90. The number of rotatable bonds is 4. The standard InChI is InChI=1S/C15H15N3O3S/c1-17(2)22(20,21)14-6-7-15(19)18(11-14)10-13-5-3-4-12(8-13)9-16/h3-8,11H,10H2,1-2H3. The van der Waals surface area contributed by atoms with Crippen LogP contribution in [0.1, 0.15) is 11.1 Å². The Kier molecular flexibility index (Phi) is 4.45. The second-order valence-corrected chi connectivity index (χ2v) is 7.08. The average Bonchev–Trinajstić information content (AvgIpc) is 2.49. The Labute approximate surface area is 128 Å². The Balaban J connectivity index is 2.44. The lowest BCUT2D eigenvalue weighted by Crippen LogP contribution is -2.26. The van der Waals surface area contributed by atoms with E-state index >= 15 is 0 Å². The molecule has 2 rings (SSSR count). The molecule has 22 heavy (non-hydrogen) atoms. The number of nitrogens with zero attached hydrogens (tertiary/aromatic N) is 3. The largest absolute Gasteiger partial charge is 0.310 e. The number of hydrogen-bond acceptors (Lipinski definition) is 4. The van der Waals surface area contributed by atoms with Gasteiger partial charge in [0, 0.05) is 26.4 Å². The number of benzene rings is 1. The molecular formula is C15H15N3O3S. The summed E-state index contributed by atoms with van der Waals surface area (Å²) in [6.07, 6.45) is 1.32. The first-order chi connectivity index (χ1) is 10.3. The van der Waals surface area contributed by atoms with Crippen LogP contribution in [-0.4, -0.2) is 31.4 Å². The van der Waals surface area contributed by atoms with Crippen LogP contribution in [0.25, 0.3) is 0 Å². The van der Waals surface area contributed by atoms with E-state index in [2.05, 4.69) is 0 Å². The number of hydrogen-bond donors (Lipinski definition) is 0. The molecule has 1 heterocycles. The van der Waals surface area contributed by atoms with Crippen molar-refractivity contribution >= 4 is 10.0 Å². The minimum atomic E-state index is -3.60. The van der Waals surface area contributed by atoms with Gasteiger partial charge in [-0.3, -0.25) is 4.79 Å². The lowest BCUT2D eigenvalue weighted by Gasteiger charge is -2.13. The summed E-state index contributed by atoms with van der Waals surface area (Å²) in [6, 6.07) is 11.4. The second-order valence-electron chi connectivity index (χ2n) is 4.93. The van der Waals surface area contributed by atoms with Crippen molar-refractivity contribution in [3.8, 4) is 6.07 Å². The lowest BCUT2D eigenvalue weighted by molar-refractivity contribution is 0.519. The molecule has 1 aromatic carbocycles. The van der Waals surface area contributed by atoms with Gasteiger partial charge >= 0.3 is 0 Å². The van der Waals surface area contributed by atoms with E-state index in [9.17, 15) is 13.2 Å². The van der Waals surface area contributed by atoms with Gasteiger partial charge in [0.05, 0.1) is 23.1 Å². The molecule has 0 spiro atoms. The normalized spacial score (nSPS) is 11.4. The van der Waals surface area contributed by atoms with E-state index in [0.717, 1.165) is 9.87 Å². The fraction of sp³-hybridized carbons (Fsp3) is 0.200. The van der Waals surface area contributed by atoms with Crippen molar-refractivity contribution in [2.24, 2.45) is 0 Å². The molecule has 0 aliphatic heterocycles. The SMILES string of the molecule is CN(C)S(=O)(=O)c1ccc(=O)n(Cc2cccc(C#N)c2)c1. The van der Waals surface area contributed by atoms with Crippen LogP contribution in [0.3, 0.4) is 0 Å². The second kappa shape index (κ2) is 6.13. The molecular weight excluding hydrogens is 302 g/mol. The summed E-state index contributed by atoms with van der Waals surface area (Å²) in [5.41, 5.74) is 0.934. The van der Waals surface area contributed by atoms with Crippen LogP contribution in [0.2, 0.25) is 0 Å². The maximum Gasteiger partial charge on any atom is 0.250 e. The number of aromatic nitrogens is 1. The monoisotopic (exact) mass is 317 g/mol. The molecule has 114 valence electrons. The minimum absolute atomic E-state index is 0.0496. The summed E-state index contributed by atoms with van der Waals surface area (Å²) in [4.78, 5) is 12.0. The van der Waals surface area contributed by atoms with Crippen LogP contribution in [-0.2, 0) is 16.6 Å². The van der Waals surface area contributed by atoms with E-state index in [-0.39, 0.29) is 17.0 Å². The van der Waals surface area contributed by atoms with Crippen LogP contribution in [0, 0.1) is 11.3 Å². The number of pyridine rings is 1. The maximum atomic E-state index is 12.1. The molecule has 7 heteroatoms. The molecule has 0 aliphatic carbocycles. The molecule has 0 fully saturated rings. The van der Waals surface area contributed by atoms with Gasteiger partial charge in [-0.1, -0.05) is 12.1 Å². The Morgan fingerprint density at radius 1 is 1.23 bits per heavy atom. The van der Waals surface area contributed by atoms with Crippen LogP contribution < -0.4 is 5.56 Å². The summed E-state index contributed by atoms with van der Waals surface area (Å²) in [6.45, 7) is 0.200. The predicted octanol–water partition coefficient (Wildman–Crippen LogP) is 1.02. The molecule has 0 saturated heterocycles. The third kappa shape index (κ3) is 3.24. The molecule has 0 radical (unpaired) electrons. The molecule has 1 aromatic heterocycles.